The van der Waals surface area contributed by atoms with E-state index in [9.17, 15) is 0 Å². The maximum absolute atomic E-state index is 2.71. The minimum absolute atomic E-state index is 0.287. The van der Waals surface area contributed by atoms with E-state index in [4.69, 9.17) is 0 Å². The minimum Gasteiger partial charge on any atom is -0.0538 e. The van der Waals surface area contributed by atoms with Crippen LogP contribution in [0.2, 0.25) is 0 Å². The van der Waals surface area contributed by atoms with Crippen LogP contribution in [0.3, 0.4) is 0 Å². The molecule has 5 rings (SSSR count). The van der Waals surface area contributed by atoms with Crippen LogP contribution < -0.4 is 0 Å². The van der Waals surface area contributed by atoms with Gasteiger partial charge >= 0.3 is 0 Å². The second-order valence-corrected chi connectivity index (χ2v) is 18.5. The van der Waals surface area contributed by atoms with Gasteiger partial charge in [-0.2, -0.15) is 0 Å². The lowest BCUT2D eigenvalue weighted by atomic mass is 9.20. The zero-order valence-electron chi connectivity index (χ0n) is 38.0. The van der Waals surface area contributed by atoms with E-state index in [-0.39, 0.29) is 21.7 Å². The third kappa shape index (κ3) is 4.22. The monoisotopic (exact) mass is 697 g/mol. The quantitative estimate of drug-likeness (QED) is 0.199. The summed E-state index contributed by atoms with van der Waals surface area (Å²) < 4.78 is 0. The molecular weight excluding hydrogens is 625 g/mol. The molecule has 1 fully saturated rings. The van der Waals surface area contributed by atoms with Crippen LogP contribution in [0, 0.1) is 138 Å². The van der Waals surface area contributed by atoms with Crippen molar-refractivity contribution in [2.45, 2.75) is 188 Å². The Bertz CT molecular complexity index is 1780. The number of rotatable bonds is 4. The second kappa shape index (κ2) is 12.2. The van der Waals surface area contributed by atoms with Gasteiger partial charge in [-0.05, 0) is 272 Å². The molecule has 0 atom stereocenters. The molecule has 0 N–H and O–H groups in total. The second-order valence-electron chi connectivity index (χ2n) is 18.5. The van der Waals surface area contributed by atoms with Crippen LogP contribution >= 0.6 is 0 Å². The minimum atomic E-state index is -0.287. The molecule has 0 heteroatoms. The van der Waals surface area contributed by atoms with Crippen molar-refractivity contribution in [3.63, 3.8) is 0 Å². The van der Waals surface area contributed by atoms with E-state index >= 15 is 0 Å². The normalized spacial score (nSPS) is 24.5. The van der Waals surface area contributed by atoms with E-state index < -0.39 is 0 Å². The SMILES string of the molecule is Cc1c(C)c(C)c(C2(C)C(C)(c3c(C)c(C)c(C)c(C)c3C)C(C)(c3c(C)c(C)c(C)c(C)c3C)C2(C)c2c(C)c(C)c(C)c(C)c2C)c(C)c1C. The molecule has 1 aliphatic rings. The van der Waals surface area contributed by atoms with E-state index in [2.05, 4.69) is 166 Å². The van der Waals surface area contributed by atoms with Crippen molar-refractivity contribution in [2.75, 3.05) is 0 Å². The molecule has 0 aliphatic heterocycles. The fourth-order valence-corrected chi connectivity index (χ4v) is 12.9. The maximum atomic E-state index is 2.71. The average molecular weight is 697 g/mol. The van der Waals surface area contributed by atoms with Crippen molar-refractivity contribution >= 4 is 0 Å². The fraction of sp³-hybridized carbons (Fsp3) is 0.538. The molecule has 0 aromatic heterocycles. The average Bonchev–Trinajstić information content (AvgIpc) is 3.10. The van der Waals surface area contributed by atoms with Gasteiger partial charge in [-0.25, -0.2) is 0 Å². The summed E-state index contributed by atoms with van der Waals surface area (Å²) in [5, 5.41) is 0. The summed E-state index contributed by atoms with van der Waals surface area (Å²) in [6.45, 7) is 58.8. The molecule has 0 nitrogen and oxygen atoms in total. The maximum Gasteiger partial charge on any atom is 0.0136 e. The van der Waals surface area contributed by atoms with Crippen LogP contribution in [0.15, 0.2) is 0 Å². The van der Waals surface area contributed by atoms with Crippen LogP contribution in [0.4, 0.5) is 0 Å². The van der Waals surface area contributed by atoms with Crippen molar-refractivity contribution in [2.24, 2.45) is 0 Å². The lowest BCUT2D eigenvalue weighted by Crippen LogP contribution is -2.84. The van der Waals surface area contributed by atoms with Gasteiger partial charge in [-0.3, -0.25) is 0 Å². The summed E-state index contributed by atoms with van der Waals surface area (Å²) >= 11 is 0. The Kier molecular flexibility index (Phi) is 9.40. The van der Waals surface area contributed by atoms with Crippen molar-refractivity contribution in [1.82, 2.24) is 0 Å². The highest BCUT2D eigenvalue weighted by molar-refractivity contribution is 5.74. The topological polar surface area (TPSA) is 0 Å². The molecule has 52 heavy (non-hydrogen) atoms. The van der Waals surface area contributed by atoms with Gasteiger partial charge in [0.2, 0.25) is 0 Å². The summed E-state index contributed by atoms with van der Waals surface area (Å²) in [6, 6.07) is 0. The lowest BCUT2D eigenvalue weighted by molar-refractivity contribution is -0.118. The van der Waals surface area contributed by atoms with Crippen molar-refractivity contribution in [3.8, 4) is 0 Å². The molecule has 280 valence electrons. The first-order valence-corrected chi connectivity index (χ1v) is 20.0. The first-order chi connectivity index (χ1) is 23.7. The molecule has 1 saturated carbocycles. The standard InChI is InChI=1S/C52H72/c1-25-29(5)37(13)45(38(14)30(25)6)49(21)50(22,46-39(15)31(7)26(2)32(8)40(46)16)52(24,48-43(19)35(11)28(4)36(12)44(48)20)51(49,23)47-41(17)33(9)27(3)34(10)42(47)18/h1-24H3. The Morgan fingerprint density at radius 1 is 0.154 bits per heavy atom. The zero-order valence-corrected chi connectivity index (χ0v) is 38.0. The van der Waals surface area contributed by atoms with Crippen LogP contribution in [0.25, 0.3) is 0 Å². The Balaban J connectivity index is 2.27. The molecular formula is C52H72. The lowest BCUT2D eigenvalue weighted by Gasteiger charge is -2.82. The Morgan fingerprint density at radius 3 is 0.327 bits per heavy atom. The molecule has 0 saturated heterocycles. The van der Waals surface area contributed by atoms with Crippen molar-refractivity contribution < 1.29 is 0 Å². The Morgan fingerprint density at radius 2 is 0.231 bits per heavy atom. The van der Waals surface area contributed by atoms with Gasteiger partial charge in [0.1, 0.15) is 0 Å². The summed E-state index contributed by atoms with van der Waals surface area (Å²) in [5.74, 6) is 0. The highest BCUT2D eigenvalue weighted by Gasteiger charge is 2.83. The van der Waals surface area contributed by atoms with Gasteiger partial charge in [0.15, 0.2) is 0 Å². The smallest absolute Gasteiger partial charge is 0.0136 e. The highest BCUT2D eigenvalue weighted by atomic mass is 14.8. The van der Waals surface area contributed by atoms with E-state index in [0.29, 0.717) is 0 Å². The van der Waals surface area contributed by atoms with Gasteiger partial charge in [0.05, 0.1) is 0 Å². The van der Waals surface area contributed by atoms with Gasteiger partial charge < -0.3 is 0 Å². The molecule has 1 aliphatic carbocycles. The Labute approximate surface area is 320 Å². The molecule has 0 heterocycles. The van der Waals surface area contributed by atoms with Gasteiger partial charge in [-0.15, -0.1) is 0 Å². The molecule has 0 bridgehead atoms. The number of benzene rings is 4. The molecule has 0 spiro atoms. The third-order valence-corrected chi connectivity index (χ3v) is 18.0. The largest absolute Gasteiger partial charge is 0.0538 e. The molecule has 0 radical (unpaired) electrons. The van der Waals surface area contributed by atoms with E-state index in [1.165, 1.54) is 111 Å². The van der Waals surface area contributed by atoms with Crippen LogP contribution in [-0.4, -0.2) is 0 Å². The first-order valence-electron chi connectivity index (χ1n) is 20.0. The van der Waals surface area contributed by atoms with Crippen LogP contribution in [0.5, 0.6) is 0 Å². The van der Waals surface area contributed by atoms with Gasteiger partial charge in [0, 0.05) is 21.7 Å². The molecule has 4 aromatic carbocycles. The van der Waals surface area contributed by atoms with Gasteiger partial charge in [0.25, 0.3) is 0 Å². The van der Waals surface area contributed by atoms with E-state index in [1.54, 1.807) is 22.3 Å². The van der Waals surface area contributed by atoms with E-state index in [0.717, 1.165) is 0 Å². The molecule has 0 amide bonds. The highest BCUT2D eigenvalue weighted by Crippen LogP contribution is 2.81. The van der Waals surface area contributed by atoms with Gasteiger partial charge in [-0.1, -0.05) is 27.7 Å². The van der Waals surface area contributed by atoms with Crippen molar-refractivity contribution in [3.05, 3.63) is 134 Å². The summed E-state index contributed by atoms with van der Waals surface area (Å²) in [6.07, 6.45) is 0. The number of hydrogen-bond acceptors (Lipinski definition) is 0. The fourth-order valence-electron chi connectivity index (χ4n) is 12.9. The molecule has 0 unspecified atom stereocenters. The predicted octanol–water partition coefficient (Wildman–Crippen LogP) is 14.0. The van der Waals surface area contributed by atoms with Crippen molar-refractivity contribution in [1.29, 1.82) is 0 Å². The van der Waals surface area contributed by atoms with E-state index in [1.807, 2.05) is 0 Å². The summed E-state index contributed by atoms with van der Waals surface area (Å²) in [4.78, 5) is 0. The summed E-state index contributed by atoms with van der Waals surface area (Å²) in [7, 11) is 0. The summed E-state index contributed by atoms with van der Waals surface area (Å²) in [5.41, 5.74) is 34.2. The zero-order chi connectivity index (χ0) is 39.9. The third-order valence-electron chi connectivity index (χ3n) is 18.0. The van der Waals surface area contributed by atoms with Crippen LogP contribution in [-0.2, 0) is 21.7 Å². The predicted molar refractivity (Wildman–Crippen MR) is 230 cm³/mol. The number of hydrogen-bond donors (Lipinski definition) is 0. The molecule has 4 aromatic rings. The van der Waals surface area contributed by atoms with Crippen LogP contribution in [0.1, 0.15) is 161 Å². The Hall–Kier alpha value is -3.12. The first kappa shape index (κ1) is 40.1.